The summed E-state index contributed by atoms with van der Waals surface area (Å²) in [5.74, 6) is 1.23. The summed E-state index contributed by atoms with van der Waals surface area (Å²) in [7, 11) is 0. The van der Waals surface area contributed by atoms with Crippen LogP contribution in [-0.2, 0) is 0 Å². The predicted octanol–water partition coefficient (Wildman–Crippen LogP) is 4.10. The molecule has 0 radical (unpaired) electrons. The van der Waals surface area contributed by atoms with Gasteiger partial charge < -0.3 is 4.90 Å². The number of amidine groups is 1. The zero-order valence-electron chi connectivity index (χ0n) is 12.4. The van der Waals surface area contributed by atoms with E-state index in [0.29, 0.717) is 11.7 Å². The van der Waals surface area contributed by atoms with Crippen molar-refractivity contribution in [2.24, 2.45) is 5.14 Å². The summed E-state index contributed by atoms with van der Waals surface area (Å²) in [5.41, 5.74) is 2.06. The number of allylic oxidation sites excluding steroid dienone is 4. The lowest BCUT2D eigenvalue weighted by molar-refractivity contribution is 0.459. The Morgan fingerprint density at radius 2 is 2.05 bits per heavy atom. The summed E-state index contributed by atoms with van der Waals surface area (Å²) >= 11 is 1.27. The van der Waals surface area contributed by atoms with E-state index in [1.54, 1.807) is 6.08 Å². The number of rotatable bonds is 9. The molecular formula is C15H27N3S. The van der Waals surface area contributed by atoms with Crippen molar-refractivity contribution in [3.63, 3.8) is 0 Å². The molecule has 0 amide bonds. The Morgan fingerprint density at radius 1 is 1.37 bits per heavy atom. The summed E-state index contributed by atoms with van der Waals surface area (Å²) in [6.45, 7) is 10.7. The first-order valence-electron chi connectivity index (χ1n) is 6.70. The molecule has 3 nitrogen and oxygen atoms in total. The number of nitrogens with two attached hydrogens (primary N) is 1. The number of hydrogen-bond acceptors (Lipinski definition) is 3. The molecule has 0 saturated carbocycles. The van der Waals surface area contributed by atoms with Crippen molar-refractivity contribution in [1.29, 1.82) is 5.41 Å². The molecule has 0 bridgehead atoms. The molecule has 3 N–H and O–H groups in total. The van der Waals surface area contributed by atoms with Crippen molar-refractivity contribution >= 4 is 17.8 Å². The van der Waals surface area contributed by atoms with E-state index in [9.17, 15) is 0 Å². The third-order valence-electron chi connectivity index (χ3n) is 2.78. The molecule has 0 aromatic heterocycles. The quantitative estimate of drug-likeness (QED) is 0.167. The first-order valence-corrected chi connectivity index (χ1v) is 7.74. The molecule has 19 heavy (non-hydrogen) atoms. The van der Waals surface area contributed by atoms with Crippen LogP contribution in [0.1, 0.15) is 40.0 Å². The van der Waals surface area contributed by atoms with Crippen molar-refractivity contribution in [2.45, 2.75) is 40.0 Å². The van der Waals surface area contributed by atoms with Gasteiger partial charge in [-0.1, -0.05) is 62.1 Å². The van der Waals surface area contributed by atoms with Crippen molar-refractivity contribution in [3.05, 3.63) is 36.0 Å². The highest BCUT2D eigenvalue weighted by Gasteiger charge is 2.10. The first kappa shape index (κ1) is 18.0. The average molecular weight is 281 g/mol. The second-order valence-corrected chi connectivity index (χ2v) is 5.18. The van der Waals surface area contributed by atoms with Gasteiger partial charge in [0.05, 0.1) is 5.88 Å². The highest BCUT2D eigenvalue weighted by atomic mass is 32.2. The SMILES string of the molecule is C=C/C=C(C)\C=C(/C)C(=N)N(CCCCC)CSN. The maximum absolute atomic E-state index is 8.25. The summed E-state index contributed by atoms with van der Waals surface area (Å²) < 4.78 is 0. The number of nitrogens with zero attached hydrogens (tertiary/aromatic N) is 1. The highest BCUT2D eigenvalue weighted by Crippen LogP contribution is 2.10. The number of unbranched alkanes of at least 4 members (excludes halogenated alkanes) is 2. The van der Waals surface area contributed by atoms with Crippen LogP contribution in [0.4, 0.5) is 0 Å². The minimum atomic E-state index is 0.561. The monoisotopic (exact) mass is 281 g/mol. The van der Waals surface area contributed by atoms with Gasteiger partial charge in [0.25, 0.3) is 0 Å². The smallest absolute Gasteiger partial charge is 0.124 e. The predicted molar refractivity (Wildman–Crippen MR) is 88.3 cm³/mol. The number of hydrogen-bond donors (Lipinski definition) is 2. The molecule has 0 aliphatic carbocycles. The Morgan fingerprint density at radius 3 is 2.58 bits per heavy atom. The van der Waals surface area contributed by atoms with E-state index < -0.39 is 0 Å². The third kappa shape index (κ3) is 7.90. The molecule has 4 heteroatoms. The maximum Gasteiger partial charge on any atom is 0.124 e. The van der Waals surface area contributed by atoms with Crippen LogP contribution < -0.4 is 5.14 Å². The third-order valence-corrected chi connectivity index (χ3v) is 3.24. The van der Waals surface area contributed by atoms with Crippen molar-refractivity contribution < 1.29 is 0 Å². The molecule has 0 rings (SSSR count). The Labute approximate surface area is 122 Å². The van der Waals surface area contributed by atoms with Gasteiger partial charge in [0.15, 0.2) is 0 Å². The van der Waals surface area contributed by atoms with Crippen LogP contribution in [0.2, 0.25) is 0 Å². The maximum atomic E-state index is 8.25. The minimum Gasteiger partial charge on any atom is -0.346 e. The molecule has 0 aliphatic rings. The molecule has 0 unspecified atom stereocenters. The van der Waals surface area contributed by atoms with Crippen LogP contribution in [0.3, 0.4) is 0 Å². The molecule has 0 spiro atoms. The Kier molecular flexibility index (Phi) is 10.3. The molecule has 0 aromatic rings. The molecular weight excluding hydrogens is 254 g/mol. The molecule has 0 fully saturated rings. The molecule has 0 saturated heterocycles. The Bertz CT molecular complexity index is 345. The van der Waals surface area contributed by atoms with E-state index in [4.69, 9.17) is 10.5 Å². The first-order chi connectivity index (χ1) is 9.06. The second-order valence-electron chi connectivity index (χ2n) is 4.59. The van der Waals surface area contributed by atoms with Gasteiger partial charge in [-0.2, -0.15) is 0 Å². The lowest BCUT2D eigenvalue weighted by atomic mass is 10.1. The van der Waals surface area contributed by atoms with E-state index in [1.165, 1.54) is 24.8 Å². The van der Waals surface area contributed by atoms with Gasteiger partial charge in [0.2, 0.25) is 0 Å². The van der Waals surface area contributed by atoms with E-state index in [0.717, 1.165) is 24.1 Å². The van der Waals surface area contributed by atoms with Gasteiger partial charge in [-0.3, -0.25) is 10.5 Å². The van der Waals surface area contributed by atoms with Crippen LogP contribution in [0.5, 0.6) is 0 Å². The van der Waals surface area contributed by atoms with E-state index in [1.807, 2.05) is 30.9 Å². The lowest BCUT2D eigenvalue weighted by Gasteiger charge is -2.24. The number of nitrogens with one attached hydrogen (secondary N) is 1. The van der Waals surface area contributed by atoms with E-state index >= 15 is 0 Å². The fourth-order valence-corrected chi connectivity index (χ4v) is 2.21. The fraction of sp³-hybridized carbons (Fsp3) is 0.533. The Hall–Kier alpha value is -1.00. The van der Waals surface area contributed by atoms with Crippen LogP contribution in [0.15, 0.2) is 36.0 Å². The average Bonchev–Trinajstić information content (AvgIpc) is 2.37. The topological polar surface area (TPSA) is 53.1 Å². The molecule has 108 valence electrons. The van der Waals surface area contributed by atoms with E-state index in [2.05, 4.69) is 13.5 Å². The van der Waals surface area contributed by atoms with Gasteiger partial charge in [-0.15, -0.1) is 0 Å². The summed E-state index contributed by atoms with van der Waals surface area (Å²) in [6.07, 6.45) is 9.20. The van der Waals surface area contributed by atoms with Crippen molar-refractivity contribution in [2.75, 3.05) is 12.4 Å². The second kappa shape index (κ2) is 10.9. The largest absolute Gasteiger partial charge is 0.346 e. The fourth-order valence-electron chi connectivity index (χ4n) is 1.78. The molecule has 0 heterocycles. The minimum absolute atomic E-state index is 0.561. The van der Waals surface area contributed by atoms with Crippen LogP contribution in [0.25, 0.3) is 0 Å². The van der Waals surface area contributed by atoms with Gasteiger partial charge >= 0.3 is 0 Å². The standard InChI is InChI=1S/C15H27N3S/c1-5-7-8-10-18(12-19-17)15(16)14(4)11-13(3)9-6-2/h6,9,11,16H,2,5,7-8,10,12,17H2,1,3-4H3/b13-9-,14-11+,16-15?. The highest BCUT2D eigenvalue weighted by molar-refractivity contribution is 7.97. The van der Waals surface area contributed by atoms with Gasteiger partial charge in [0.1, 0.15) is 5.84 Å². The van der Waals surface area contributed by atoms with Crippen molar-refractivity contribution in [1.82, 2.24) is 4.90 Å². The summed E-state index contributed by atoms with van der Waals surface area (Å²) in [6, 6.07) is 0. The normalized spacial score (nSPS) is 12.4. The van der Waals surface area contributed by atoms with Crippen molar-refractivity contribution in [3.8, 4) is 0 Å². The van der Waals surface area contributed by atoms with Crippen LogP contribution in [-0.4, -0.2) is 23.2 Å². The zero-order valence-corrected chi connectivity index (χ0v) is 13.2. The lowest BCUT2D eigenvalue weighted by Crippen LogP contribution is -2.32. The summed E-state index contributed by atoms with van der Waals surface area (Å²) in [5, 5.41) is 13.8. The Balaban J connectivity index is 4.68. The molecule has 0 aliphatic heterocycles. The molecule has 0 aromatic carbocycles. The van der Waals surface area contributed by atoms with Gasteiger partial charge in [-0.05, 0) is 25.8 Å². The zero-order chi connectivity index (χ0) is 14.7. The van der Waals surface area contributed by atoms with Gasteiger partial charge in [-0.25, -0.2) is 0 Å². The summed E-state index contributed by atoms with van der Waals surface area (Å²) in [4.78, 5) is 2.04. The van der Waals surface area contributed by atoms with Gasteiger partial charge in [0, 0.05) is 6.54 Å². The molecule has 0 atom stereocenters. The van der Waals surface area contributed by atoms with E-state index in [-0.39, 0.29) is 0 Å². The van der Waals surface area contributed by atoms with Crippen LogP contribution in [0, 0.1) is 5.41 Å². The van der Waals surface area contributed by atoms with Crippen LogP contribution >= 0.6 is 11.9 Å².